The van der Waals surface area contributed by atoms with Crippen LogP contribution in [0.25, 0.3) is 6.08 Å². The third-order valence-electron chi connectivity index (χ3n) is 4.86. The van der Waals surface area contributed by atoms with E-state index < -0.39 is 10.0 Å². The van der Waals surface area contributed by atoms with E-state index in [4.69, 9.17) is 9.47 Å². The molecule has 1 amide bonds. The highest BCUT2D eigenvalue weighted by atomic mass is 32.2. The summed E-state index contributed by atoms with van der Waals surface area (Å²) < 4.78 is 37.6. The Morgan fingerprint density at radius 1 is 0.967 bits per heavy atom. The number of piperazine rings is 1. The summed E-state index contributed by atoms with van der Waals surface area (Å²) in [5, 5.41) is 0. The molecule has 30 heavy (non-hydrogen) atoms. The molecule has 0 bridgehead atoms. The molecule has 0 N–H and O–H groups in total. The van der Waals surface area contributed by atoms with Gasteiger partial charge in [-0.05, 0) is 55.0 Å². The number of amides is 1. The summed E-state index contributed by atoms with van der Waals surface area (Å²) in [6.45, 7) is 3.62. The van der Waals surface area contributed by atoms with Crippen LogP contribution in [0.4, 0.5) is 0 Å². The lowest BCUT2D eigenvalue weighted by Gasteiger charge is -2.33. The van der Waals surface area contributed by atoms with E-state index in [1.54, 1.807) is 42.4 Å². The second-order valence-electron chi connectivity index (χ2n) is 6.74. The van der Waals surface area contributed by atoms with Crippen LogP contribution in [0, 0.1) is 0 Å². The minimum absolute atomic E-state index is 0.135. The number of sulfonamides is 1. The van der Waals surface area contributed by atoms with Gasteiger partial charge < -0.3 is 14.4 Å². The van der Waals surface area contributed by atoms with Crippen LogP contribution in [-0.2, 0) is 14.8 Å². The first-order valence-corrected chi connectivity index (χ1v) is 11.2. The van der Waals surface area contributed by atoms with Crippen LogP contribution in [0.3, 0.4) is 0 Å². The van der Waals surface area contributed by atoms with Gasteiger partial charge in [-0.1, -0.05) is 12.1 Å². The maximum atomic E-state index is 12.9. The molecule has 2 aromatic carbocycles. The van der Waals surface area contributed by atoms with Crippen molar-refractivity contribution in [2.24, 2.45) is 0 Å². The molecule has 1 fully saturated rings. The second-order valence-corrected chi connectivity index (χ2v) is 8.68. The Bertz CT molecular complexity index is 977. The van der Waals surface area contributed by atoms with Gasteiger partial charge in [0.25, 0.3) is 0 Å². The van der Waals surface area contributed by atoms with Crippen molar-refractivity contribution in [3.63, 3.8) is 0 Å². The number of nitrogens with zero attached hydrogens (tertiary/aromatic N) is 2. The minimum atomic E-state index is -3.59. The fourth-order valence-electron chi connectivity index (χ4n) is 3.16. The molecule has 0 saturated carbocycles. The molecule has 1 aliphatic rings. The van der Waals surface area contributed by atoms with Crippen LogP contribution in [0.5, 0.6) is 11.5 Å². The van der Waals surface area contributed by atoms with Crippen molar-refractivity contribution in [2.45, 2.75) is 11.8 Å². The van der Waals surface area contributed by atoms with Gasteiger partial charge in [-0.2, -0.15) is 4.31 Å². The van der Waals surface area contributed by atoms with E-state index in [2.05, 4.69) is 0 Å². The zero-order valence-electron chi connectivity index (χ0n) is 17.2. The van der Waals surface area contributed by atoms with Crippen LogP contribution in [0.2, 0.25) is 0 Å². The molecule has 7 nitrogen and oxygen atoms in total. The Kier molecular flexibility index (Phi) is 7.12. The first kappa shape index (κ1) is 21.9. The molecule has 2 aromatic rings. The lowest BCUT2D eigenvalue weighted by Crippen LogP contribution is -2.50. The molecule has 0 radical (unpaired) electrons. The predicted molar refractivity (Wildman–Crippen MR) is 115 cm³/mol. The summed E-state index contributed by atoms with van der Waals surface area (Å²) in [7, 11) is -1.99. The van der Waals surface area contributed by atoms with Crippen molar-refractivity contribution in [3.8, 4) is 11.5 Å². The number of methoxy groups -OCH3 is 1. The van der Waals surface area contributed by atoms with Crippen LogP contribution in [0.1, 0.15) is 12.5 Å². The summed E-state index contributed by atoms with van der Waals surface area (Å²) in [6.07, 6.45) is 3.25. The number of carbonyl (C=O) groups excluding carboxylic acids is 1. The van der Waals surface area contributed by atoms with Gasteiger partial charge in [0.2, 0.25) is 15.9 Å². The van der Waals surface area contributed by atoms with Gasteiger partial charge in [-0.25, -0.2) is 8.42 Å². The fraction of sp³-hybridized carbons (Fsp3) is 0.318. The molecule has 0 atom stereocenters. The van der Waals surface area contributed by atoms with Gasteiger partial charge in [0.1, 0.15) is 11.5 Å². The molecule has 0 spiro atoms. The van der Waals surface area contributed by atoms with Gasteiger partial charge in [-0.3, -0.25) is 4.79 Å². The van der Waals surface area contributed by atoms with E-state index in [0.29, 0.717) is 25.4 Å². The van der Waals surface area contributed by atoms with E-state index in [9.17, 15) is 13.2 Å². The minimum Gasteiger partial charge on any atom is -0.497 e. The molecular weight excluding hydrogens is 404 g/mol. The molecule has 160 valence electrons. The number of rotatable bonds is 7. The Balaban J connectivity index is 1.57. The van der Waals surface area contributed by atoms with Crippen LogP contribution >= 0.6 is 0 Å². The molecule has 0 aromatic heterocycles. The van der Waals surface area contributed by atoms with E-state index in [1.807, 2.05) is 31.2 Å². The van der Waals surface area contributed by atoms with Crippen molar-refractivity contribution in [2.75, 3.05) is 39.9 Å². The van der Waals surface area contributed by atoms with Gasteiger partial charge in [0, 0.05) is 32.3 Å². The van der Waals surface area contributed by atoms with Gasteiger partial charge in [0.05, 0.1) is 18.6 Å². The van der Waals surface area contributed by atoms with Crippen molar-refractivity contribution < 1.29 is 22.7 Å². The molecule has 0 unspecified atom stereocenters. The largest absolute Gasteiger partial charge is 0.497 e. The summed E-state index contributed by atoms with van der Waals surface area (Å²) >= 11 is 0. The SMILES string of the molecule is CCOc1ccc(S(=O)(=O)N2CCN(C(=O)/C=C/c3ccc(OC)cc3)CC2)cc1. The molecule has 3 rings (SSSR count). The Labute approximate surface area is 177 Å². The number of ether oxygens (including phenoxy) is 2. The van der Waals surface area contributed by atoms with Crippen molar-refractivity contribution in [1.29, 1.82) is 0 Å². The van der Waals surface area contributed by atoms with E-state index in [0.717, 1.165) is 11.3 Å². The standard InChI is InChI=1S/C22H26N2O5S/c1-3-29-20-9-11-21(12-10-20)30(26,27)24-16-14-23(15-17-24)22(25)13-6-18-4-7-19(28-2)8-5-18/h4-13H,3,14-17H2,1-2H3/b13-6+. The fourth-order valence-corrected chi connectivity index (χ4v) is 4.58. The quantitative estimate of drug-likeness (QED) is 0.631. The predicted octanol–water partition coefficient (Wildman–Crippen LogP) is 2.64. The van der Waals surface area contributed by atoms with Crippen LogP contribution < -0.4 is 9.47 Å². The normalized spacial score (nSPS) is 15.3. The monoisotopic (exact) mass is 430 g/mol. The van der Waals surface area contributed by atoms with E-state index >= 15 is 0 Å². The maximum absolute atomic E-state index is 12.9. The van der Waals surface area contributed by atoms with E-state index in [1.165, 1.54) is 10.4 Å². The third kappa shape index (κ3) is 5.20. The number of hydrogen-bond acceptors (Lipinski definition) is 5. The molecule has 1 saturated heterocycles. The molecular formula is C22H26N2O5S. The first-order valence-electron chi connectivity index (χ1n) is 9.78. The summed E-state index contributed by atoms with van der Waals surface area (Å²) in [5.74, 6) is 1.25. The first-order chi connectivity index (χ1) is 14.4. The summed E-state index contributed by atoms with van der Waals surface area (Å²) in [4.78, 5) is 14.3. The highest BCUT2D eigenvalue weighted by Crippen LogP contribution is 2.21. The number of carbonyl (C=O) groups is 1. The zero-order chi connectivity index (χ0) is 21.6. The highest BCUT2D eigenvalue weighted by molar-refractivity contribution is 7.89. The maximum Gasteiger partial charge on any atom is 0.246 e. The summed E-state index contributed by atoms with van der Waals surface area (Å²) in [5.41, 5.74) is 0.890. The van der Waals surface area contributed by atoms with E-state index in [-0.39, 0.29) is 23.9 Å². The average Bonchev–Trinajstić information content (AvgIpc) is 2.78. The Hall–Kier alpha value is -2.84. The molecule has 1 heterocycles. The summed E-state index contributed by atoms with van der Waals surface area (Å²) in [6, 6.07) is 13.8. The lowest BCUT2D eigenvalue weighted by molar-refractivity contribution is -0.127. The third-order valence-corrected chi connectivity index (χ3v) is 6.77. The van der Waals surface area contributed by atoms with Crippen molar-refractivity contribution in [3.05, 3.63) is 60.2 Å². The Morgan fingerprint density at radius 2 is 1.57 bits per heavy atom. The molecule has 8 heteroatoms. The van der Waals surface area contributed by atoms with Gasteiger partial charge in [-0.15, -0.1) is 0 Å². The van der Waals surface area contributed by atoms with Crippen molar-refractivity contribution >= 4 is 22.0 Å². The second kappa shape index (κ2) is 9.77. The smallest absolute Gasteiger partial charge is 0.246 e. The number of hydrogen-bond donors (Lipinski definition) is 0. The average molecular weight is 431 g/mol. The molecule has 1 aliphatic heterocycles. The van der Waals surface area contributed by atoms with Gasteiger partial charge in [0.15, 0.2) is 0 Å². The zero-order valence-corrected chi connectivity index (χ0v) is 18.0. The topological polar surface area (TPSA) is 76.2 Å². The van der Waals surface area contributed by atoms with Gasteiger partial charge >= 0.3 is 0 Å². The lowest BCUT2D eigenvalue weighted by atomic mass is 10.2. The van der Waals surface area contributed by atoms with Crippen molar-refractivity contribution in [1.82, 2.24) is 9.21 Å². The Morgan fingerprint density at radius 3 is 2.13 bits per heavy atom. The highest BCUT2D eigenvalue weighted by Gasteiger charge is 2.29. The van der Waals surface area contributed by atoms with Crippen LogP contribution in [-0.4, -0.2) is 63.4 Å². The number of benzene rings is 2. The molecule has 0 aliphatic carbocycles. The van der Waals surface area contributed by atoms with Crippen LogP contribution in [0.15, 0.2) is 59.5 Å².